The van der Waals surface area contributed by atoms with E-state index in [-0.39, 0.29) is 5.97 Å². The van der Waals surface area contributed by atoms with E-state index in [0.29, 0.717) is 19.5 Å². The molecule has 1 aromatic rings. The summed E-state index contributed by atoms with van der Waals surface area (Å²) >= 11 is 0. The largest absolute Gasteiger partial charge is 0.460 e. The number of ether oxygens (including phenoxy) is 1. The van der Waals surface area contributed by atoms with Crippen LogP contribution in [0.25, 0.3) is 0 Å². The van der Waals surface area contributed by atoms with Gasteiger partial charge in [0.2, 0.25) is 0 Å². The van der Waals surface area contributed by atoms with Gasteiger partial charge in [-0.2, -0.15) is 0 Å². The van der Waals surface area contributed by atoms with Crippen LogP contribution in [0.1, 0.15) is 38.6 Å². The molecule has 0 aliphatic carbocycles. The van der Waals surface area contributed by atoms with Crippen molar-refractivity contribution in [1.82, 2.24) is 10.5 Å². The van der Waals surface area contributed by atoms with Crippen molar-refractivity contribution in [1.29, 1.82) is 0 Å². The Morgan fingerprint density at radius 1 is 1.53 bits per heavy atom. The van der Waals surface area contributed by atoms with Crippen LogP contribution < -0.4 is 5.32 Å². The summed E-state index contributed by atoms with van der Waals surface area (Å²) < 4.78 is 10.1. The van der Waals surface area contributed by atoms with Crippen LogP contribution in [0.15, 0.2) is 10.6 Å². The van der Waals surface area contributed by atoms with E-state index in [1.165, 1.54) is 0 Å². The number of rotatable bonds is 5. The zero-order valence-electron chi connectivity index (χ0n) is 10.9. The van der Waals surface area contributed by atoms with E-state index < -0.39 is 5.60 Å². The lowest BCUT2D eigenvalue weighted by molar-refractivity contribution is -0.154. The molecule has 0 aliphatic heterocycles. The molecule has 0 atom stereocenters. The minimum Gasteiger partial charge on any atom is -0.460 e. The number of hydrogen-bond donors (Lipinski definition) is 1. The number of aryl methyl sites for hydroxylation is 1. The van der Waals surface area contributed by atoms with E-state index in [2.05, 4.69) is 10.5 Å². The first-order valence-corrected chi connectivity index (χ1v) is 5.71. The Balaban J connectivity index is 2.14. The van der Waals surface area contributed by atoms with Crippen molar-refractivity contribution in [3.63, 3.8) is 0 Å². The highest BCUT2D eigenvalue weighted by Gasteiger charge is 2.15. The average Bonchev–Trinajstić information content (AvgIpc) is 2.56. The average molecular weight is 240 g/mol. The molecule has 0 spiro atoms. The summed E-state index contributed by atoms with van der Waals surface area (Å²) in [5.74, 6) is 0.593. The lowest BCUT2D eigenvalue weighted by atomic mass is 10.2. The van der Waals surface area contributed by atoms with Gasteiger partial charge in [0.05, 0.1) is 12.1 Å². The summed E-state index contributed by atoms with van der Waals surface area (Å²) in [6.45, 7) is 8.58. The van der Waals surface area contributed by atoms with E-state index in [0.717, 1.165) is 11.5 Å². The second-order valence-corrected chi connectivity index (χ2v) is 4.94. The lowest BCUT2D eigenvalue weighted by Gasteiger charge is -2.19. The Morgan fingerprint density at radius 2 is 2.24 bits per heavy atom. The molecule has 0 saturated heterocycles. The van der Waals surface area contributed by atoms with Crippen LogP contribution in [0, 0.1) is 6.92 Å². The van der Waals surface area contributed by atoms with Crippen molar-refractivity contribution >= 4 is 5.97 Å². The predicted octanol–water partition coefficient (Wildman–Crippen LogP) is 1.80. The second-order valence-electron chi connectivity index (χ2n) is 4.94. The molecule has 17 heavy (non-hydrogen) atoms. The van der Waals surface area contributed by atoms with E-state index in [4.69, 9.17) is 9.26 Å². The first kappa shape index (κ1) is 13.7. The van der Waals surface area contributed by atoms with Crippen LogP contribution in [0.3, 0.4) is 0 Å². The molecule has 0 aromatic carbocycles. The number of nitrogens with one attached hydrogen (secondary N) is 1. The van der Waals surface area contributed by atoms with Crippen LogP contribution in [0.2, 0.25) is 0 Å². The molecule has 0 bridgehead atoms. The van der Waals surface area contributed by atoms with Gasteiger partial charge in [0, 0.05) is 19.2 Å². The number of carbonyl (C=O) groups is 1. The van der Waals surface area contributed by atoms with E-state index in [1.807, 2.05) is 33.8 Å². The Bertz CT molecular complexity index is 366. The summed E-state index contributed by atoms with van der Waals surface area (Å²) in [7, 11) is 0. The zero-order chi connectivity index (χ0) is 12.9. The van der Waals surface area contributed by atoms with Crippen molar-refractivity contribution in [2.24, 2.45) is 0 Å². The molecule has 5 heteroatoms. The number of hydrogen-bond acceptors (Lipinski definition) is 5. The van der Waals surface area contributed by atoms with E-state index in [1.54, 1.807) is 0 Å². The first-order chi connectivity index (χ1) is 7.87. The summed E-state index contributed by atoms with van der Waals surface area (Å²) in [6.07, 6.45) is 0.355. The number of nitrogens with zero attached hydrogens (tertiary/aromatic N) is 1. The summed E-state index contributed by atoms with van der Waals surface area (Å²) in [5.41, 5.74) is 0.423. The Morgan fingerprint density at radius 3 is 2.76 bits per heavy atom. The van der Waals surface area contributed by atoms with Gasteiger partial charge in [-0.25, -0.2) is 0 Å². The SMILES string of the molecule is Cc1cc(CNCCC(=O)OC(C)(C)C)no1. The summed E-state index contributed by atoms with van der Waals surface area (Å²) in [5, 5.41) is 6.95. The van der Waals surface area contributed by atoms with Crippen molar-refractivity contribution in [3.8, 4) is 0 Å². The molecule has 5 nitrogen and oxygen atoms in total. The minimum absolute atomic E-state index is 0.193. The standard InChI is InChI=1S/C12H20N2O3/c1-9-7-10(14-17-9)8-13-6-5-11(15)16-12(2,3)4/h7,13H,5-6,8H2,1-4H3. The topological polar surface area (TPSA) is 64.4 Å². The number of aromatic nitrogens is 1. The van der Waals surface area contributed by atoms with E-state index in [9.17, 15) is 4.79 Å². The zero-order valence-corrected chi connectivity index (χ0v) is 10.9. The highest BCUT2D eigenvalue weighted by molar-refractivity contribution is 5.70. The van der Waals surface area contributed by atoms with E-state index >= 15 is 0 Å². The van der Waals surface area contributed by atoms with Gasteiger partial charge in [-0.05, 0) is 27.7 Å². The van der Waals surface area contributed by atoms with Gasteiger partial charge in [-0.3, -0.25) is 4.79 Å². The summed E-state index contributed by atoms with van der Waals surface area (Å²) in [4.78, 5) is 11.4. The second kappa shape index (κ2) is 5.82. The molecule has 1 heterocycles. The molecular formula is C12H20N2O3. The first-order valence-electron chi connectivity index (χ1n) is 5.71. The molecule has 1 N–H and O–H groups in total. The van der Waals surface area contributed by atoms with Crippen LogP contribution in [-0.4, -0.2) is 23.3 Å². The third kappa shape index (κ3) is 6.06. The minimum atomic E-state index is -0.416. The Kier molecular flexibility index (Phi) is 4.69. The number of esters is 1. The predicted molar refractivity (Wildman–Crippen MR) is 63.4 cm³/mol. The highest BCUT2D eigenvalue weighted by atomic mass is 16.6. The Hall–Kier alpha value is -1.36. The van der Waals surface area contributed by atoms with Crippen molar-refractivity contribution < 1.29 is 14.1 Å². The van der Waals surface area contributed by atoms with Gasteiger partial charge in [0.25, 0.3) is 0 Å². The van der Waals surface area contributed by atoms with Gasteiger partial charge in [0.1, 0.15) is 11.4 Å². The molecule has 0 unspecified atom stereocenters. The fraction of sp³-hybridized carbons (Fsp3) is 0.667. The smallest absolute Gasteiger partial charge is 0.307 e. The highest BCUT2D eigenvalue weighted by Crippen LogP contribution is 2.07. The normalized spacial score (nSPS) is 11.5. The third-order valence-corrected chi connectivity index (χ3v) is 1.91. The van der Waals surface area contributed by atoms with Crippen molar-refractivity contribution in [2.45, 2.75) is 46.3 Å². The van der Waals surface area contributed by atoms with Crippen LogP contribution in [0.5, 0.6) is 0 Å². The fourth-order valence-electron chi connectivity index (χ4n) is 1.30. The monoisotopic (exact) mass is 240 g/mol. The van der Waals surface area contributed by atoms with Crippen molar-refractivity contribution in [3.05, 3.63) is 17.5 Å². The molecule has 0 radical (unpaired) electrons. The van der Waals surface area contributed by atoms with Gasteiger partial charge in [0.15, 0.2) is 0 Å². The molecule has 0 amide bonds. The van der Waals surface area contributed by atoms with Gasteiger partial charge in [-0.1, -0.05) is 5.16 Å². The van der Waals surface area contributed by atoms with Gasteiger partial charge in [-0.15, -0.1) is 0 Å². The number of carbonyl (C=O) groups excluding carboxylic acids is 1. The van der Waals surface area contributed by atoms with Crippen LogP contribution >= 0.6 is 0 Å². The van der Waals surface area contributed by atoms with Crippen molar-refractivity contribution in [2.75, 3.05) is 6.54 Å². The maximum Gasteiger partial charge on any atom is 0.307 e. The molecule has 0 aliphatic rings. The third-order valence-electron chi connectivity index (χ3n) is 1.91. The van der Waals surface area contributed by atoms with Gasteiger partial charge < -0.3 is 14.6 Å². The summed E-state index contributed by atoms with van der Waals surface area (Å²) in [6, 6.07) is 1.86. The molecule has 96 valence electrons. The fourth-order valence-corrected chi connectivity index (χ4v) is 1.30. The lowest BCUT2D eigenvalue weighted by Crippen LogP contribution is -2.26. The molecule has 0 fully saturated rings. The van der Waals surface area contributed by atoms with Crippen LogP contribution in [0.4, 0.5) is 0 Å². The van der Waals surface area contributed by atoms with Crippen LogP contribution in [-0.2, 0) is 16.1 Å². The molecule has 1 rings (SSSR count). The molecule has 0 saturated carbocycles. The maximum absolute atomic E-state index is 11.4. The van der Waals surface area contributed by atoms with Gasteiger partial charge >= 0.3 is 5.97 Å². The maximum atomic E-state index is 11.4. The molecule has 1 aromatic heterocycles. The quantitative estimate of drug-likeness (QED) is 0.628. The Labute approximate surface area is 102 Å². The molecular weight excluding hydrogens is 220 g/mol.